The Kier molecular flexibility index (Phi) is 6.66. The Bertz CT molecular complexity index is 388. The molecule has 1 aromatic carbocycles. The molecule has 0 spiro atoms. The zero-order valence-corrected chi connectivity index (χ0v) is 11.0. The Hall–Kier alpha value is -1.27. The number of benzene rings is 1. The second-order valence-electron chi connectivity index (χ2n) is 3.98. The lowest BCUT2D eigenvalue weighted by Gasteiger charge is -2.19. The summed E-state index contributed by atoms with van der Waals surface area (Å²) in [5.41, 5.74) is 0.644. The molecule has 0 aliphatic rings. The summed E-state index contributed by atoms with van der Waals surface area (Å²) >= 11 is 0. The molecule has 1 N–H and O–H groups in total. The van der Waals surface area contributed by atoms with Gasteiger partial charge in [-0.05, 0) is 31.7 Å². The quantitative estimate of drug-likeness (QED) is 0.741. The highest BCUT2D eigenvalue weighted by Crippen LogP contribution is 2.27. The normalized spacial score (nSPS) is 12.7. The molecule has 0 radical (unpaired) electrons. The van der Waals surface area contributed by atoms with E-state index in [1.165, 1.54) is 25.3 Å². The molecule has 19 heavy (non-hydrogen) atoms. The molecule has 1 atom stereocenters. The van der Waals surface area contributed by atoms with Crippen molar-refractivity contribution in [2.45, 2.75) is 18.9 Å². The maximum atomic E-state index is 13.3. The molecule has 0 bridgehead atoms. The van der Waals surface area contributed by atoms with Crippen LogP contribution in [0.1, 0.15) is 18.0 Å². The van der Waals surface area contributed by atoms with Crippen LogP contribution in [0.4, 0.5) is 13.2 Å². The van der Waals surface area contributed by atoms with Crippen LogP contribution in [0, 0.1) is 5.82 Å². The molecule has 0 saturated carbocycles. The van der Waals surface area contributed by atoms with Gasteiger partial charge < -0.3 is 14.8 Å². The standard InChI is InChI=1S/C13H18F3NO2/c1-17-11(5-6-19-8-13(15)16)10-7-9(14)3-4-12(10)18-2/h3-4,7,11,13,17H,5-6,8H2,1-2H3. The van der Waals surface area contributed by atoms with Crippen molar-refractivity contribution in [3.8, 4) is 5.75 Å². The molecule has 0 aliphatic carbocycles. The van der Waals surface area contributed by atoms with Crippen LogP contribution in [0.3, 0.4) is 0 Å². The van der Waals surface area contributed by atoms with E-state index in [9.17, 15) is 13.2 Å². The summed E-state index contributed by atoms with van der Waals surface area (Å²) in [5.74, 6) is 0.180. The van der Waals surface area contributed by atoms with Crippen molar-refractivity contribution in [3.63, 3.8) is 0 Å². The number of rotatable bonds is 8. The van der Waals surface area contributed by atoms with Crippen LogP contribution < -0.4 is 10.1 Å². The van der Waals surface area contributed by atoms with E-state index in [2.05, 4.69) is 5.32 Å². The Morgan fingerprint density at radius 3 is 2.63 bits per heavy atom. The predicted molar refractivity (Wildman–Crippen MR) is 66.2 cm³/mol. The largest absolute Gasteiger partial charge is 0.496 e. The van der Waals surface area contributed by atoms with Gasteiger partial charge in [0, 0.05) is 18.2 Å². The topological polar surface area (TPSA) is 30.5 Å². The number of ether oxygens (including phenoxy) is 2. The first-order valence-corrected chi connectivity index (χ1v) is 5.95. The van der Waals surface area contributed by atoms with Crippen molar-refractivity contribution in [3.05, 3.63) is 29.6 Å². The van der Waals surface area contributed by atoms with Gasteiger partial charge in [0.15, 0.2) is 0 Å². The van der Waals surface area contributed by atoms with Crippen LogP contribution >= 0.6 is 0 Å². The van der Waals surface area contributed by atoms with Gasteiger partial charge in [-0.15, -0.1) is 0 Å². The lowest BCUT2D eigenvalue weighted by molar-refractivity contribution is 0.0145. The summed E-state index contributed by atoms with van der Waals surface area (Å²) in [4.78, 5) is 0. The van der Waals surface area contributed by atoms with E-state index < -0.39 is 13.0 Å². The molecule has 0 saturated heterocycles. The van der Waals surface area contributed by atoms with Gasteiger partial charge in [-0.25, -0.2) is 13.2 Å². The van der Waals surface area contributed by atoms with Gasteiger partial charge in [0.2, 0.25) is 0 Å². The van der Waals surface area contributed by atoms with Gasteiger partial charge in [-0.3, -0.25) is 0 Å². The predicted octanol–water partition coefficient (Wildman–Crippen LogP) is 2.77. The summed E-state index contributed by atoms with van der Waals surface area (Å²) in [7, 11) is 3.21. The maximum Gasteiger partial charge on any atom is 0.261 e. The van der Waals surface area contributed by atoms with Crippen molar-refractivity contribution in [1.29, 1.82) is 0 Å². The fraction of sp³-hybridized carbons (Fsp3) is 0.538. The molecule has 0 amide bonds. The first kappa shape index (κ1) is 15.8. The van der Waals surface area contributed by atoms with E-state index in [-0.39, 0.29) is 18.5 Å². The summed E-state index contributed by atoms with van der Waals surface area (Å²) in [6.07, 6.45) is -2.03. The number of nitrogens with one attached hydrogen (secondary N) is 1. The van der Waals surface area contributed by atoms with Gasteiger partial charge >= 0.3 is 0 Å². The number of alkyl halides is 2. The second kappa shape index (κ2) is 8.01. The monoisotopic (exact) mass is 277 g/mol. The van der Waals surface area contributed by atoms with E-state index in [1.807, 2.05) is 0 Å². The average molecular weight is 277 g/mol. The van der Waals surface area contributed by atoms with Crippen molar-refractivity contribution in [2.75, 3.05) is 27.4 Å². The van der Waals surface area contributed by atoms with Gasteiger partial charge in [0.1, 0.15) is 18.2 Å². The van der Waals surface area contributed by atoms with Crippen LogP contribution in [0.15, 0.2) is 18.2 Å². The smallest absolute Gasteiger partial charge is 0.261 e. The van der Waals surface area contributed by atoms with Crippen LogP contribution in [-0.2, 0) is 4.74 Å². The van der Waals surface area contributed by atoms with Gasteiger partial charge in [0.25, 0.3) is 6.43 Å². The van der Waals surface area contributed by atoms with Gasteiger partial charge in [0.05, 0.1) is 7.11 Å². The molecular formula is C13H18F3NO2. The number of halogens is 3. The minimum Gasteiger partial charge on any atom is -0.496 e. The first-order valence-electron chi connectivity index (χ1n) is 5.95. The van der Waals surface area contributed by atoms with E-state index in [0.717, 1.165) is 0 Å². The average Bonchev–Trinajstić information content (AvgIpc) is 2.38. The molecule has 108 valence electrons. The summed E-state index contributed by atoms with van der Waals surface area (Å²) in [5, 5.41) is 2.99. The SMILES string of the molecule is CNC(CCOCC(F)F)c1cc(F)ccc1OC. The van der Waals surface area contributed by atoms with Gasteiger partial charge in [-0.1, -0.05) is 0 Å². The Morgan fingerprint density at radius 2 is 2.05 bits per heavy atom. The van der Waals surface area contributed by atoms with E-state index in [4.69, 9.17) is 9.47 Å². The van der Waals surface area contributed by atoms with Crippen molar-refractivity contribution in [2.24, 2.45) is 0 Å². The molecule has 0 aliphatic heterocycles. The van der Waals surface area contributed by atoms with Crippen LogP contribution in [0.2, 0.25) is 0 Å². The van der Waals surface area contributed by atoms with Crippen molar-refractivity contribution >= 4 is 0 Å². The lowest BCUT2D eigenvalue weighted by atomic mass is 10.0. The zero-order valence-electron chi connectivity index (χ0n) is 11.0. The lowest BCUT2D eigenvalue weighted by Crippen LogP contribution is -2.20. The zero-order chi connectivity index (χ0) is 14.3. The molecule has 3 nitrogen and oxygen atoms in total. The summed E-state index contributed by atoms with van der Waals surface area (Å²) < 4.78 is 47.1. The second-order valence-corrected chi connectivity index (χ2v) is 3.98. The van der Waals surface area contributed by atoms with Crippen LogP contribution in [-0.4, -0.2) is 33.8 Å². The Labute approximate surface area is 110 Å². The van der Waals surface area contributed by atoms with Crippen LogP contribution in [0.5, 0.6) is 5.75 Å². The summed E-state index contributed by atoms with van der Waals surface area (Å²) in [6, 6.07) is 3.99. The molecule has 0 fully saturated rings. The summed E-state index contributed by atoms with van der Waals surface area (Å²) in [6.45, 7) is -0.424. The third-order valence-corrected chi connectivity index (χ3v) is 2.71. The van der Waals surface area contributed by atoms with E-state index in [1.54, 1.807) is 7.05 Å². The minimum absolute atomic E-state index is 0.162. The third kappa shape index (κ3) is 5.08. The molecule has 0 heterocycles. The minimum atomic E-state index is -2.48. The molecular weight excluding hydrogens is 259 g/mol. The first-order chi connectivity index (χ1) is 9.08. The number of methoxy groups -OCH3 is 1. The van der Waals surface area contributed by atoms with Crippen LogP contribution in [0.25, 0.3) is 0 Å². The van der Waals surface area contributed by atoms with Crippen molar-refractivity contribution < 1.29 is 22.6 Å². The molecule has 6 heteroatoms. The Morgan fingerprint density at radius 1 is 1.32 bits per heavy atom. The number of hydrogen-bond acceptors (Lipinski definition) is 3. The van der Waals surface area contributed by atoms with Gasteiger partial charge in [-0.2, -0.15) is 0 Å². The molecule has 1 unspecified atom stereocenters. The Balaban J connectivity index is 2.65. The molecule has 1 aromatic rings. The fourth-order valence-electron chi connectivity index (χ4n) is 1.81. The highest BCUT2D eigenvalue weighted by atomic mass is 19.3. The fourth-order valence-corrected chi connectivity index (χ4v) is 1.81. The highest BCUT2D eigenvalue weighted by molar-refractivity contribution is 5.36. The van der Waals surface area contributed by atoms with E-state index in [0.29, 0.717) is 17.7 Å². The van der Waals surface area contributed by atoms with Crippen molar-refractivity contribution in [1.82, 2.24) is 5.32 Å². The van der Waals surface area contributed by atoms with E-state index >= 15 is 0 Å². The molecule has 1 rings (SSSR count). The number of hydrogen-bond donors (Lipinski definition) is 1. The highest BCUT2D eigenvalue weighted by Gasteiger charge is 2.15. The third-order valence-electron chi connectivity index (χ3n) is 2.71. The molecule has 0 aromatic heterocycles. The maximum absolute atomic E-state index is 13.3.